The van der Waals surface area contributed by atoms with Gasteiger partial charge in [-0.05, 0) is 31.5 Å². The second-order valence-electron chi connectivity index (χ2n) is 5.67. The molecule has 0 spiro atoms. The molecule has 0 saturated carbocycles. The van der Waals surface area contributed by atoms with E-state index in [1.807, 2.05) is 19.9 Å². The predicted molar refractivity (Wildman–Crippen MR) is 81.3 cm³/mol. The Morgan fingerprint density at radius 3 is 2.71 bits per heavy atom. The van der Waals surface area contributed by atoms with Crippen molar-refractivity contribution in [3.63, 3.8) is 0 Å². The second kappa shape index (κ2) is 6.00. The van der Waals surface area contributed by atoms with Crippen molar-refractivity contribution in [2.75, 3.05) is 19.6 Å². The van der Waals surface area contributed by atoms with Crippen LogP contribution in [0.5, 0.6) is 11.5 Å². The number of fused-ring (bicyclic) bond motifs is 1. The summed E-state index contributed by atoms with van der Waals surface area (Å²) in [7, 11) is -3.24. The maximum absolute atomic E-state index is 11.3. The lowest BCUT2D eigenvalue weighted by Crippen LogP contribution is -2.49. The number of sulfonamides is 1. The molecular formula is C13H19ClN2O4S. The lowest BCUT2D eigenvalue weighted by molar-refractivity contribution is 0.174. The van der Waals surface area contributed by atoms with E-state index >= 15 is 0 Å². The first-order valence-corrected chi connectivity index (χ1v) is 8.71. The standard InChI is InChI=1S/C13H19ClN2O4S/c1-13(2,16-21(3,17)18)7-15-6-9-4-10(14)12-11(5-9)19-8-20-12/h4-5,15-16H,6-8H2,1-3H3. The minimum atomic E-state index is -3.24. The molecule has 1 aliphatic heterocycles. The van der Waals surface area contributed by atoms with Crippen LogP contribution in [-0.2, 0) is 16.6 Å². The molecule has 1 aromatic carbocycles. The lowest BCUT2D eigenvalue weighted by Gasteiger charge is -2.25. The Morgan fingerprint density at radius 1 is 1.33 bits per heavy atom. The first-order valence-electron chi connectivity index (χ1n) is 6.44. The molecular weight excluding hydrogens is 316 g/mol. The van der Waals surface area contributed by atoms with E-state index in [4.69, 9.17) is 21.1 Å². The topological polar surface area (TPSA) is 76.7 Å². The lowest BCUT2D eigenvalue weighted by atomic mass is 10.1. The highest BCUT2D eigenvalue weighted by Crippen LogP contribution is 2.39. The summed E-state index contributed by atoms with van der Waals surface area (Å²) in [4.78, 5) is 0. The van der Waals surface area contributed by atoms with E-state index < -0.39 is 15.6 Å². The third-order valence-electron chi connectivity index (χ3n) is 2.84. The van der Waals surface area contributed by atoms with Crippen LogP contribution in [0, 0.1) is 0 Å². The van der Waals surface area contributed by atoms with Crippen molar-refractivity contribution in [1.82, 2.24) is 10.0 Å². The molecule has 8 heteroatoms. The SMILES string of the molecule is CC(C)(CNCc1cc(Cl)c2c(c1)OCO2)NS(C)(=O)=O. The van der Waals surface area contributed by atoms with Crippen molar-refractivity contribution in [3.8, 4) is 11.5 Å². The zero-order chi connectivity index (χ0) is 15.7. The number of benzene rings is 1. The Morgan fingerprint density at radius 2 is 2.05 bits per heavy atom. The molecule has 1 aromatic rings. The molecule has 2 N–H and O–H groups in total. The van der Waals surface area contributed by atoms with Crippen LogP contribution in [0.4, 0.5) is 0 Å². The van der Waals surface area contributed by atoms with E-state index in [1.54, 1.807) is 6.07 Å². The molecule has 118 valence electrons. The molecule has 1 heterocycles. The van der Waals surface area contributed by atoms with Gasteiger partial charge in [-0.3, -0.25) is 0 Å². The fraction of sp³-hybridized carbons (Fsp3) is 0.538. The van der Waals surface area contributed by atoms with Gasteiger partial charge in [-0.15, -0.1) is 0 Å². The number of nitrogens with one attached hydrogen (secondary N) is 2. The molecule has 0 saturated heterocycles. The fourth-order valence-corrected chi connectivity index (χ4v) is 3.54. The van der Waals surface area contributed by atoms with E-state index in [0.29, 0.717) is 29.6 Å². The van der Waals surface area contributed by atoms with Gasteiger partial charge in [-0.1, -0.05) is 11.6 Å². The van der Waals surface area contributed by atoms with Crippen molar-refractivity contribution in [3.05, 3.63) is 22.7 Å². The third kappa shape index (κ3) is 4.74. The highest BCUT2D eigenvalue weighted by Gasteiger charge is 2.22. The number of halogens is 1. The molecule has 0 bridgehead atoms. The first-order chi connectivity index (χ1) is 9.66. The van der Waals surface area contributed by atoms with Crippen LogP contribution in [0.2, 0.25) is 5.02 Å². The van der Waals surface area contributed by atoms with E-state index in [9.17, 15) is 8.42 Å². The molecule has 21 heavy (non-hydrogen) atoms. The monoisotopic (exact) mass is 334 g/mol. The number of hydrogen-bond donors (Lipinski definition) is 2. The largest absolute Gasteiger partial charge is 0.454 e. The smallest absolute Gasteiger partial charge is 0.231 e. The molecule has 0 radical (unpaired) electrons. The highest BCUT2D eigenvalue weighted by atomic mass is 35.5. The third-order valence-corrected chi connectivity index (χ3v) is 4.05. The Bertz CT molecular complexity index is 631. The highest BCUT2D eigenvalue weighted by molar-refractivity contribution is 7.88. The zero-order valence-corrected chi connectivity index (χ0v) is 13.8. The average Bonchev–Trinajstić information content (AvgIpc) is 2.73. The normalized spacial score (nSPS) is 14.5. The van der Waals surface area contributed by atoms with Gasteiger partial charge < -0.3 is 14.8 Å². The Labute approximate surface area is 129 Å². The van der Waals surface area contributed by atoms with Crippen LogP contribution in [0.25, 0.3) is 0 Å². The molecule has 0 fully saturated rings. The van der Waals surface area contributed by atoms with Gasteiger partial charge in [-0.25, -0.2) is 13.1 Å². The molecule has 0 amide bonds. The predicted octanol–water partition coefficient (Wildman–Crippen LogP) is 1.49. The maximum atomic E-state index is 11.3. The van der Waals surface area contributed by atoms with Crippen LogP contribution in [0.15, 0.2) is 12.1 Å². The van der Waals surface area contributed by atoms with Gasteiger partial charge >= 0.3 is 0 Å². The summed E-state index contributed by atoms with van der Waals surface area (Å²) in [6, 6.07) is 3.66. The second-order valence-corrected chi connectivity index (χ2v) is 7.83. The van der Waals surface area contributed by atoms with Crippen molar-refractivity contribution >= 4 is 21.6 Å². The van der Waals surface area contributed by atoms with Crippen LogP contribution >= 0.6 is 11.6 Å². The summed E-state index contributed by atoms with van der Waals surface area (Å²) >= 11 is 6.11. The zero-order valence-electron chi connectivity index (χ0n) is 12.2. The van der Waals surface area contributed by atoms with Crippen molar-refractivity contribution in [2.45, 2.75) is 25.9 Å². The molecule has 0 aromatic heterocycles. The van der Waals surface area contributed by atoms with E-state index in [1.165, 1.54) is 0 Å². The summed E-state index contributed by atoms with van der Waals surface area (Å²) in [5.41, 5.74) is 0.368. The van der Waals surface area contributed by atoms with Gasteiger partial charge in [0.1, 0.15) is 0 Å². The van der Waals surface area contributed by atoms with Gasteiger partial charge in [0.2, 0.25) is 16.8 Å². The minimum Gasteiger partial charge on any atom is -0.454 e. The first kappa shape index (κ1) is 16.4. The van der Waals surface area contributed by atoms with Gasteiger partial charge in [0.15, 0.2) is 11.5 Å². The molecule has 0 unspecified atom stereocenters. The van der Waals surface area contributed by atoms with E-state index in [2.05, 4.69) is 10.0 Å². The van der Waals surface area contributed by atoms with Crippen molar-refractivity contribution < 1.29 is 17.9 Å². The van der Waals surface area contributed by atoms with Gasteiger partial charge in [-0.2, -0.15) is 0 Å². The molecule has 1 aliphatic rings. The Hall–Kier alpha value is -1.02. The molecule has 0 aliphatic carbocycles. The number of hydrogen-bond acceptors (Lipinski definition) is 5. The quantitative estimate of drug-likeness (QED) is 0.824. The maximum Gasteiger partial charge on any atom is 0.231 e. The summed E-state index contributed by atoms with van der Waals surface area (Å²) < 4.78 is 35.7. The van der Waals surface area contributed by atoms with Gasteiger partial charge in [0.25, 0.3) is 0 Å². The van der Waals surface area contributed by atoms with Crippen LogP contribution in [0.3, 0.4) is 0 Å². The van der Waals surface area contributed by atoms with Gasteiger partial charge in [0, 0.05) is 18.6 Å². The van der Waals surface area contributed by atoms with E-state index in [-0.39, 0.29) is 6.79 Å². The summed E-state index contributed by atoms with van der Waals surface area (Å²) in [6.07, 6.45) is 1.15. The Balaban J connectivity index is 1.94. The van der Waals surface area contributed by atoms with Crippen LogP contribution < -0.4 is 19.5 Å². The summed E-state index contributed by atoms with van der Waals surface area (Å²) in [6.45, 7) is 4.83. The van der Waals surface area contributed by atoms with E-state index in [0.717, 1.165) is 11.8 Å². The summed E-state index contributed by atoms with van der Waals surface area (Å²) in [5, 5.41) is 3.71. The molecule has 2 rings (SSSR count). The van der Waals surface area contributed by atoms with Crippen molar-refractivity contribution in [2.24, 2.45) is 0 Å². The van der Waals surface area contributed by atoms with Crippen molar-refractivity contribution in [1.29, 1.82) is 0 Å². The minimum absolute atomic E-state index is 0.178. The molecule has 0 atom stereocenters. The number of rotatable bonds is 6. The molecule has 6 nitrogen and oxygen atoms in total. The van der Waals surface area contributed by atoms with Gasteiger partial charge in [0.05, 0.1) is 11.3 Å². The number of ether oxygens (including phenoxy) is 2. The Kier molecular flexibility index (Phi) is 4.67. The summed E-state index contributed by atoms with van der Waals surface area (Å²) in [5.74, 6) is 1.20. The average molecular weight is 335 g/mol. The fourth-order valence-electron chi connectivity index (χ4n) is 2.18. The van der Waals surface area contributed by atoms with Crippen LogP contribution in [0.1, 0.15) is 19.4 Å². The van der Waals surface area contributed by atoms with Crippen LogP contribution in [-0.4, -0.2) is 33.6 Å².